The first-order valence-corrected chi connectivity index (χ1v) is 8.58. The molecule has 1 aromatic carbocycles. The van der Waals surface area contributed by atoms with E-state index in [4.69, 9.17) is 11.2 Å². The van der Waals surface area contributed by atoms with Crippen molar-refractivity contribution >= 4 is 16.6 Å². The van der Waals surface area contributed by atoms with E-state index in [1.165, 1.54) is 0 Å². The minimum absolute atomic E-state index is 0.195. The number of ether oxygens (including phenoxy) is 1. The predicted molar refractivity (Wildman–Crippen MR) is 98.7 cm³/mol. The normalized spacial score (nSPS) is 16.8. The molecule has 1 aromatic heterocycles. The third-order valence-electron chi connectivity index (χ3n) is 5.33. The van der Waals surface area contributed by atoms with Gasteiger partial charge in [-0.15, -0.1) is 6.42 Å². The molecule has 1 N–H and O–H groups in total. The number of H-pyrrole nitrogens is 1. The first-order chi connectivity index (χ1) is 11.9. The van der Waals surface area contributed by atoms with E-state index in [2.05, 4.69) is 17.8 Å². The molecule has 2 aromatic rings. The highest BCUT2D eigenvalue weighted by atomic mass is 19.1. The number of fused-ring (bicyclic) bond motifs is 1. The number of aromatic nitrogens is 1. The summed E-state index contributed by atoms with van der Waals surface area (Å²) in [5, 5.41) is 0.410. The maximum atomic E-state index is 15.1. The zero-order chi connectivity index (χ0) is 18.2. The van der Waals surface area contributed by atoms with E-state index in [1.807, 2.05) is 11.8 Å². The van der Waals surface area contributed by atoms with Crippen molar-refractivity contribution in [2.45, 2.75) is 38.7 Å². The summed E-state index contributed by atoms with van der Waals surface area (Å²) >= 11 is 0. The Hall–Kier alpha value is -2.32. The molecular formula is C20H23FN2O2. The van der Waals surface area contributed by atoms with Crippen LogP contribution in [0.4, 0.5) is 10.1 Å². The van der Waals surface area contributed by atoms with Crippen molar-refractivity contribution in [1.29, 1.82) is 0 Å². The van der Waals surface area contributed by atoms with Gasteiger partial charge in [0, 0.05) is 20.2 Å². The van der Waals surface area contributed by atoms with Crippen molar-refractivity contribution in [3.8, 4) is 12.3 Å². The van der Waals surface area contributed by atoms with Crippen LogP contribution in [-0.4, -0.2) is 30.8 Å². The molecule has 0 aliphatic carbocycles. The third-order valence-corrected chi connectivity index (χ3v) is 5.33. The van der Waals surface area contributed by atoms with Crippen molar-refractivity contribution in [3.05, 3.63) is 39.4 Å². The van der Waals surface area contributed by atoms with Crippen LogP contribution < -0.4 is 10.5 Å². The number of anilines is 1. The van der Waals surface area contributed by atoms with Crippen molar-refractivity contribution in [1.82, 2.24) is 4.98 Å². The maximum Gasteiger partial charge on any atom is 0.266 e. The summed E-state index contributed by atoms with van der Waals surface area (Å²) in [5.41, 5.74) is 1.27. The third kappa shape index (κ3) is 2.91. The van der Waals surface area contributed by atoms with Crippen LogP contribution in [-0.2, 0) is 11.2 Å². The van der Waals surface area contributed by atoms with Gasteiger partial charge in [0.2, 0.25) is 0 Å². The summed E-state index contributed by atoms with van der Waals surface area (Å²) in [7, 11) is 1.71. The first-order valence-electron chi connectivity index (χ1n) is 8.58. The molecule has 3 rings (SSSR count). The van der Waals surface area contributed by atoms with Gasteiger partial charge in [0.1, 0.15) is 11.4 Å². The van der Waals surface area contributed by atoms with Gasteiger partial charge < -0.3 is 14.6 Å². The lowest BCUT2D eigenvalue weighted by molar-refractivity contribution is -0.0132. The Labute approximate surface area is 147 Å². The van der Waals surface area contributed by atoms with Crippen molar-refractivity contribution < 1.29 is 9.13 Å². The van der Waals surface area contributed by atoms with E-state index >= 15 is 4.39 Å². The number of aryl methyl sites for hydroxylation is 1. The molecule has 25 heavy (non-hydrogen) atoms. The van der Waals surface area contributed by atoms with Crippen LogP contribution in [0.2, 0.25) is 0 Å². The molecule has 1 saturated heterocycles. The van der Waals surface area contributed by atoms with Crippen LogP contribution in [0.3, 0.4) is 0 Å². The van der Waals surface area contributed by atoms with Gasteiger partial charge in [0.05, 0.1) is 22.2 Å². The van der Waals surface area contributed by atoms with Crippen molar-refractivity contribution in [2.75, 3.05) is 25.1 Å². The topological polar surface area (TPSA) is 45.3 Å². The van der Waals surface area contributed by atoms with Gasteiger partial charge in [-0.25, -0.2) is 4.39 Å². The van der Waals surface area contributed by atoms with Gasteiger partial charge in [-0.1, -0.05) is 18.9 Å². The van der Waals surface area contributed by atoms with Gasteiger partial charge in [-0.3, -0.25) is 4.79 Å². The molecular weight excluding hydrogens is 319 g/mol. The van der Waals surface area contributed by atoms with E-state index in [0.717, 1.165) is 12.8 Å². The number of aromatic amines is 1. The molecule has 0 amide bonds. The van der Waals surface area contributed by atoms with E-state index in [0.29, 0.717) is 41.7 Å². The van der Waals surface area contributed by atoms with Crippen molar-refractivity contribution in [3.63, 3.8) is 0 Å². The van der Waals surface area contributed by atoms with Gasteiger partial charge in [0.15, 0.2) is 0 Å². The molecule has 0 atom stereocenters. The largest absolute Gasteiger partial charge is 0.378 e. The number of nitrogens with zero attached hydrogens (tertiary/aromatic N) is 1. The van der Waals surface area contributed by atoms with Crippen LogP contribution in [0.5, 0.6) is 0 Å². The van der Waals surface area contributed by atoms with Crippen LogP contribution in [0, 0.1) is 18.2 Å². The second kappa shape index (κ2) is 6.53. The summed E-state index contributed by atoms with van der Waals surface area (Å²) < 4.78 is 20.7. The van der Waals surface area contributed by atoms with E-state index in [9.17, 15) is 4.79 Å². The molecule has 0 unspecified atom stereocenters. The average Bonchev–Trinajstić information content (AvgIpc) is 2.62. The molecule has 1 fully saturated rings. The Balaban J connectivity index is 2.22. The number of methoxy groups -OCH3 is 1. The number of piperidine rings is 1. The molecule has 0 bridgehead atoms. The quantitative estimate of drug-likeness (QED) is 0.871. The standard InChI is InChI=1S/C20H23FN2O2/c1-5-13-7-8-15-16(17(13)21)18(14(6-2)19(24)22-15)23-11-9-20(3,25-4)10-12-23/h2,7-8H,5,9-12H2,1,3-4H3,(H,22,24). The summed E-state index contributed by atoms with van der Waals surface area (Å²) in [4.78, 5) is 17.1. The molecule has 4 nitrogen and oxygen atoms in total. The van der Waals surface area contributed by atoms with Crippen LogP contribution >= 0.6 is 0 Å². The first kappa shape index (κ1) is 17.5. The molecule has 0 saturated carbocycles. The van der Waals surface area contributed by atoms with Crippen LogP contribution in [0.15, 0.2) is 16.9 Å². The van der Waals surface area contributed by atoms with Gasteiger partial charge in [-0.2, -0.15) is 0 Å². The molecule has 0 spiro atoms. The van der Waals surface area contributed by atoms with Gasteiger partial charge in [-0.05, 0) is 37.8 Å². The van der Waals surface area contributed by atoms with Gasteiger partial charge in [0.25, 0.3) is 5.56 Å². The zero-order valence-electron chi connectivity index (χ0n) is 14.9. The van der Waals surface area contributed by atoms with Crippen LogP contribution in [0.1, 0.15) is 37.8 Å². The number of hydrogen-bond donors (Lipinski definition) is 1. The Morgan fingerprint density at radius 3 is 2.64 bits per heavy atom. The molecule has 1 aliphatic rings. The predicted octanol–water partition coefficient (Wildman–Crippen LogP) is 3.22. The molecule has 5 heteroatoms. The summed E-state index contributed by atoms with van der Waals surface area (Å²) in [5.74, 6) is 2.17. The summed E-state index contributed by atoms with van der Waals surface area (Å²) in [6.07, 6.45) is 7.76. The Morgan fingerprint density at radius 2 is 2.08 bits per heavy atom. The SMILES string of the molecule is C#Cc1c(N2CCC(C)(OC)CC2)c2c(F)c(CC)ccc2[nH]c1=O. The van der Waals surface area contributed by atoms with E-state index in [1.54, 1.807) is 19.2 Å². The fraction of sp³-hybridized carbons (Fsp3) is 0.450. The number of terminal acetylenes is 1. The smallest absolute Gasteiger partial charge is 0.266 e. The van der Waals surface area contributed by atoms with Crippen LogP contribution in [0.25, 0.3) is 10.9 Å². The van der Waals surface area contributed by atoms with E-state index < -0.39 is 0 Å². The van der Waals surface area contributed by atoms with Crippen molar-refractivity contribution in [2.24, 2.45) is 0 Å². The average molecular weight is 342 g/mol. The number of halogens is 1. The second-order valence-corrected chi connectivity index (χ2v) is 6.78. The minimum Gasteiger partial charge on any atom is -0.378 e. The monoisotopic (exact) mass is 342 g/mol. The lowest BCUT2D eigenvalue weighted by atomic mass is 9.92. The Bertz CT molecular complexity index is 903. The number of nitrogens with one attached hydrogen (secondary N) is 1. The molecule has 2 heterocycles. The lowest BCUT2D eigenvalue weighted by Crippen LogP contribution is -2.44. The maximum absolute atomic E-state index is 15.1. The fourth-order valence-corrected chi connectivity index (χ4v) is 3.50. The number of benzene rings is 1. The fourth-order valence-electron chi connectivity index (χ4n) is 3.50. The highest BCUT2D eigenvalue weighted by Gasteiger charge is 2.32. The number of hydrogen-bond acceptors (Lipinski definition) is 3. The highest BCUT2D eigenvalue weighted by molar-refractivity contribution is 5.95. The molecule has 0 radical (unpaired) electrons. The Morgan fingerprint density at radius 1 is 1.40 bits per heavy atom. The Kier molecular flexibility index (Phi) is 4.57. The highest BCUT2D eigenvalue weighted by Crippen LogP contribution is 2.35. The van der Waals surface area contributed by atoms with Gasteiger partial charge >= 0.3 is 0 Å². The lowest BCUT2D eigenvalue weighted by Gasteiger charge is -2.40. The summed E-state index contributed by atoms with van der Waals surface area (Å²) in [6.45, 7) is 5.29. The molecule has 1 aliphatic heterocycles. The summed E-state index contributed by atoms with van der Waals surface area (Å²) in [6, 6.07) is 3.47. The van der Waals surface area contributed by atoms with E-state index in [-0.39, 0.29) is 22.5 Å². The minimum atomic E-state index is -0.353. The molecule has 132 valence electrons. The second-order valence-electron chi connectivity index (χ2n) is 6.78. The number of pyridine rings is 1. The number of rotatable bonds is 3. The zero-order valence-corrected chi connectivity index (χ0v) is 14.9.